The third-order valence-electron chi connectivity index (χ3n) is 7.71. The molecule has 3 amide bonds. The van der Waals surface area contributed by atoms with Crippen molar-refractivity contribution >= 4 is 51.2 Å². The van der Waals surface area contributed by atoms with Crippen LogP contribution in [-0.4, -0.2) is 82.8 Å². The normalized spacial score (nSPS) is 22.1. The van der Waals surface area contributed by atoms with Crippen molar-refractivity contribution in [1.29, 1.82) is 0 Å². The lowest BCUT2D eigenvalue weighted by molar-refractivity contribution is -0.147. The molecule has 13 nitrogen and oxygen atoms in total. The third kappa shape index (κ3) is 6.76. The van der Waals surface area contributed by atoms with E-state index in [9.17, 15) is 19.2 Å². The monoisotopic (exact) mass is 651 g/mol. The number of ether oxygens (including phenoxy) is 4. The van der Waals surface area contributed by atoms with Gasteiger partial charge in [-0.25, -0.2) is 19.6 Å². The summed E-state index contributed by atoms with van der Waals surface area (Å²) in [6.45, 7) is 10.4. The van der Waals surface area contributed by atoms with Gasteiger partial charge in [0.05, 0.1) is 32.0 Å². The first kappa shape index (κ1) is 32.7. The molecule has 5 rings (SSSR count). The molecule has 2 aromatic heterocycles. The first-order valence-corrected chi connectivity index (χ1v) is 15.6. The molecule has 0 radical (unpaired) electrons. The minimum absolute atomic E-state index is 0.0434. The number of esters is 1. The topological polar surface area (TPSA) is 158 Å². The Morgan fingerprint density at radius 2 is 1.89 bits per heavy atom. The number of amides is 3. The lowest BCUT2D eigenvalue weighted by atomic mass is 10.1. The Balaban J connectivity index is 1.47. The van der Waals surface area contributed by atoms with Crippen molar-refractivity contribution in [3.63, 3.8) is 0 Å². The van der Waals surface area contributed by atoms with Crippen LogP contribution in [0.1, 0.15) is 40.5 Å². The zero-order valence-electron chi connectivity index (χ0n) is 26.5. The van der Waals surface area contributed by atoms with Crippen LogP contribution in [0.4, 0.5) is 9.93 Å². The van der Waals surface area contributed by atoms with Gasteiger partial charge in [0.15, 0.2) is 5.13 Å². The highest BCUT2D eigenvalue weighted by molar-refractivity contribution is 7.14. The lowest BCUT2D eigenvalue weighted by Gasteiger charge is -2.28. The third-order valence-corrected chi connectivity index (χ3v) is 8.47. The molecule has 2 N–H and O–H groups in total. The van der Waals surface area contributed by atoms with Crippen LogP contribution in [0.15, 0.2) is 42.3 Å². The number of fused-ring (bicyclic) bond motifs is 1. The molecule has 4 atom stereocenters. The van der Waals surface area contributed by atoms with Gasteiger partial charge in [-0.05, 0) is 39.3 Å². The molecule has 46 heavy (non-hydrogen) atoms. The van der Waals surface area contributed by atoms with E-state index in [0.29, 0.717) is 45.3 Å². The van der Waals surface area contributed by atoms with Crippen LogP contribution < -0.4 is 20.1 Å². The minimum atomic E-state index is -1.23. The van der Waals surface area contributed by atoms with Gasteiger partial charge in [-0.2, -0.15) is 0 Å². The van der Waals surface area contributed by atoms with Gasteiger partial charge in [0, 0.05) is 42.2 Å². The van der Waals surface area contributed by atoms with Gasteiger partial charge in [-0.3, -0.25) is 14.5 Å². The summed E-state index contributed by atoms with van der Waals surface area (Å²) in [5, 5.41) is 8.38. The highest BCUT2D eigenvalue weighted by atomic mass is 32.1. The van der Waals surface area contributed by atoms with Crippen molar-refractivity contribution < 1.29 is 38.1 Å². The molecule has 1 aromatic carbocycles. The Kier molecular flexibility index (Phi) is 8.94. The van der Waals surface area contributed by atoms with E-state index in [1.54, 1.807) is 57.5 Å². The summed E-state index contributed by atoms with van der Waals surface area (Å²) in [7, 11) is 2.82. The number of nitrogens with one attached hydrogen (secondary N) is 2. The summed E-state index contributed by atoms with van der Waals surface area (Å²) >= 11 is 1.26. The second-order valence-electron chi connectivity index (χ2n) is 12.2. The van der Waals surface area contributed by atoms with E-state index in [2.05, 4.69) is 22.2 Å². The Morgan fingerprint density at radius 1 is 1.13 bits per heavy atom. The molecule has 1 aliphatic carbocycles. The van der Waals surface area contributed by atoms with Gasteiger partial charge in [0.1, 0.15) is 40.5 Å². The molecule has 1 saturated heterocycles. The number of methoxy groups -OCH3 is 2. The van der Waals surface area contributed by atoms with Crippen LogP contribution in [-0.2, 0) is 23.9 Å². The second-order valence-corrected chi connectivity index (χ2v) is 13.1. The molecule has 1 aliphatic heterocycles. The largest absolute Gasteiger partial charge is 0.497 e. The summed E-state index contributed by atoms with van der Waals surface area (Å²) in [4.78, 5) is 61.9. The minimum Gasteiger partial charge on any atom is -0.497 e. The first-order chi connectivity index (χ1) is 21.8. The van der Waals surface area contributed by atoms with E-state index in [4.69, 9.17) is 23.9 Å². The van der Waals surface area contributed by atoms with Crippen LogP contribution in [0.5, 0.6) is 11.5 Å². The molecule has 3 aromatic rings. The molecule has 0 spiro atoms. The van der Waals surface area contributed by atoms with Gasteiger partial charge in [0.25, 0.3) is 0 Å². The average molecular weight is 652 g/mol. The Labute approximate surface area is 270 Å². The van der Waals surface area contributed by atoms with E-state index >= 15 is 0 Å². The quantitative estimate of drug-likeness (QED) is 0.252. The second kappa shape index (κ2) is 12.6. The van der Waals surface area contributed by atoms with Gasteiger partial charge in [-0.15, -0.1) is 17.9 Å². The van der Waals surface area contributed by atoms with Crippen molar-refractivity contribution in [2.24, 2.45) is 5.92 Å². The number of thiazole rings is 1. The van der Waals surface area contributed by atoms with Crippen molar-refractivity contribution in [3.05, 3.63) is 42.3 Å². The fourth-order valence-electron chi connectivity index (χ4n) is 5.45. The molecular formula is C32H37N5O8S. The molecule has 3 heterocycles. The number of rotatable bonds is 9. The Bertz CT molecular complexity index is 1700. The SMILES string of the molecule is C=C[C@H]1C[C@]1(NC(=O)[C@@H]1C[C@@H](Oc2cc(-c3csc(NC(C)=O)n3)nc3cc(OC)ccc23)CN1C(=O)OC(C)(C)C)C(=O)OC. The van der Waals surface area contributed by atoms with E-state index in [0.717, 1.165) is 0 Å². The maximum atomic E-state index is 13.7. The molecule has 2 fully saturated rings. The number of hydrogen-bond acceptors (Lipinski definition) is 11. The van der Waals surface area contributed by atoms with Crippen LogP contribution in [0.2, 0.25) is 0 Å². The van der Waals surface area contributed by atoms with Crippen LogP contribution >= 0.6 is 11.3 Å². The van der Waals surface area contributed by atoms with Gasteiger partial charge in [-0.1, -0.05) is 6.08 Å². The molecule has 0 bridgehead atoms. The standard InChI is InChI=1S/C32H37N5O8S/c1-8-18-14-32(18,28(40)43-7)36-27(39)25-12-20(15-37(25)30(41)45-31(3,4)5)44-26-13-23(24-16-46-29(35-24)33-17(2)38)34-22-11-19(42-6)9-10-21(22)26/h8-11,13,16,18,20,25H,1,12,14-15H2,2-7H3,(H,36,39)(H,33,35,38)/t18-,20+,25-,32+/m0/s1. The van der Waals surface area contributed by atoms with Gasteiger partial charge in [0.2, 0.25) is 11.8 Å². The van der Waals surface area contributed by atoms with Crippen molar-refractivity contribution in [3.8, 4) is 22.9 Å². The van der Waals surface area contributed by atoms with Crippen LogP contribution in [0, 0.1) is 5.92 Å². The van der Waals surface area contributed by atoms with E-state index in [1.165, 1.54) is 30.3 Å². The molecule has 1 saturated carbocycles. The summed E-state index contributed by atoms with van der Waals surface area (Å²) < 4.78 is 22.6. The zero-order chi connectivity index (χ0) is 33.4. The number of carbonyl (C=O) groups is 4. The number of likely N-dealkylation sites (tertiary alicyclic amines) is 1. The van der Waals surface area contributed by atoms with Crippen molar-refractivity contribution in [1.82, 2.24) is 20.2 Å². The molecule has 14 heteroatoms. The highest BCUT2D eigenvalue weighted by Gasteiger charge is 2.62. The van der Waals surface area contributed by atoms with Crippen LogP contribution in [0.25, 0.3) is 22.3 Å². The number of anilines is 1. The fourth-order valence-corrected chi connectivity index (χ4v) is 6.20. The number of pyridine rings is 1. The van der Waals surface area contributed by atoms with E-state index in [1.807, 2.05) is 6.07 Å². The van der Waals surface area contributed by atoms with Gasteiger partial charge >= 0.3 is 12.1 Å². The van der Waals surface area contributed by atoms with Crippen molar-refractivity contribution in [2.45, 2.75) is 63.8 Å². The molecule has 244 valence electrons. The number of hydrogen-bond donors (Lipinski definition) is 2. The van der Waals surface area contributed by atoms with Gasteiger partial charge < -0.3 is 29.6 Å². The van der Waals surface area contributed by atoms with E-state index < -0.39 is 41.3 Å². The number of nitrogens with zero attached hydrogens (tertiary/aromatic N) is 3. The molecular weight excluding hydrogens is 614 g/mol. The zero-order valence-corrected chi connectivity index (χ0v) is 27.4. The molecule has 2 aliphatic rings. The summed E-state index contributed by atoms with van der Waals surface area (Å²) in [6, 6.07) is 6.11. The maximum absolute atomic E-state index is 13.7. The maximum Gasteiger partial charge on any atom is 0.411 e. The summed E-state index contributed by atoms with van der Waals surface area (Å²) in [5.74, 6) is -0.587. The predicted octanol–water partition coefficient (Wildman–Crippen LogP) is 4.32. The van der Waals surface area contributed by atoms with E-state index in [-0.39, 0.29) is 24.8 Å². The Hall–Kier alpha value is -4.72. The smallest absolute Gasteiger partial charge is 0.411 e. The average Bonchev–Trinajstić information content (AvgIpc) is 3.28. The summed E-state index contributed by atoms with van der Waals surface area (Å²) in [5.41, 5.74) is -0.458. The highest BCUT2D eigenvalue weighted by Crippen LogP contribution is 2.45. The summed E-state index contributed by atoms with van der Waals surface area (Å²) in [6.07, 6.45) is 0.771. The fraction of sp³-hybridized carbons (Fsp3) is 0.438. The number of aromatic nitrogens is 2. The van der Waals surface area contributed by atoms with Crippen molar-refractivity contribution in [2.75, 3.05) is 26.1 Å². The predicted molar refractivity (Wildman–Crippen MR) is 171 cm³/mol. The number of benzene rings is 1. The Morgan fingerprint density at radius 3 is 2.52 bits per heavy atom. The lowest BCUT2D eigenvalue weighted by Crippen LogP contribution is -2.53. The van der Waals surface area contributed by atoms with Crippen LogP contribution in [0.3, 0.4) is 0 Å². The first-order valence-electron chi connectivity index (χ1n) is 14.7. The molecule has 0 unspecified atom stereocenters. The number of carbonyl (C=O) groups excluding carboxylic acids is 4.